The quantitative estimate of drug-likeness (QED) is 0.676. The van der Waals surface area contributed by atoms with Crippen LogP contribution < -0.4 is 0 Å². The highest BCUT2D eigenvalue weighted by molar-refractivity contribution is 5.83. The zero-order valence-electron chi connectivity index (χ0n) is 16.6. The van der Waals surface area contributed by atoms with Crippen molar-refractivity contribution in [3.05, 3.63) is 35.7 Å². The Labute approximate surface area is 170 Å². The number of nitrogens with zero attached hydrogens (tertiary/aromatic N) is 5. The van der Waals surface area contributed by atoms with Crippen LogP contribution in [0.4, 0.5) is 13.2 Å². The van der Waals surface area contributed by atoms with Crippen LogP contribution in [-0.2, 0) is 6.18 Å². The Morgan fingerprint density at radius 1 is 1.23 bits per heavy atom. The van der Waals surface area contributed by atoms with Crippen molar-refractivity contribution in [2.24, 2.45) is 0 Å². The number of aryl methyl sites for hydroxylation is 1. The zero-order chi connectivity index (χ0) is 21.6. The zero-order valence-corrected chi connectivity index (χ0v) is 16.6. The number of rotatable bonds is 3. The van der Waals surface area contributed by atoms with Crippen molar-refractivity contribution in [2.45, 2.75) is 38.6 Å². The van der Waals surface area contributed by atoms with Crippen molar-refractivity contribution in [3.63, 3.8) is 0 Å². The molecule has 10 heteroatoms. The van der Waals surface area contributed by atoms with E-state index in [0.29, 0.717) is 35.8 Å². The molecule has 1 aromatic carbocycles. The Bertz CT molecular complexity index is 1080. The molecule has 1 aliphatic rings. The predicted molar refractivity (Wildman–Crippen MR) is 104 cm³/mol. The number of piperidine rings is 1. The first kappa shape index (κ1) is 20.5. The number of likely N-dealkylation sites (N-methyl/N-ethyl adjacent to an activating group) is 1. The lowest BCUT2D eigenvalue weighted by Gasteiger charge is -2.36. The van der Waals surface area contributed by atoms with E-state index in [-0.39, 0.29) is 17.3 Å². The first-order valence-corrected chi connectivity index (χ1v) is 9.71. The number of imidazole rings is 1. The number of hydrogen-bond donors (Lipinski definition) is 2. The van der Waals surface area contributed by atoms with E-state index >= 15 is 0 Å². The maximum absolute atomic E-state index is 12.9. The Hall–Kier alpha value is -2.72. The number of fused-ring (bicyclic) bond motifs is 1. The summed E-state index contributed by atoms with van der Waals surface area (Å²) >= 11 is 0. The number of aliphatic hydroxyl groups excluding tert-OH is 1. The SMILES string of the molecule is CCN1CC[C@@H](O)[C@@H](n2cnc3c(C)c(-c4ccc(C(F)(F)F)cc4O)nnc32)C1. The molecule has 1 saturated heterocycles. The van der Waals surface area contributed by atoms with Gasteiger partial charge >= 0.3 is 6.18 Å². The van der Waals surface area contributed by atoms with Crippen LogP contribution in [0, 0.1) is 6.92 Å². The number of aromatic hydroxyl groups is 1. The maximum Gasteiger partial charge on any atom is 0.416 e. The van der Waals surface area contributed by atoms with E-state index in [1.54, 1.807) is 17.8 Å². The monoisotopic (exact) mass is 421 g/mol. The lowest BCUT2D eigenvalue weighted by atomic mass is 10.0. The van der Waals surface area contributed by atoms with Crippen LogP contribution in [0.3, 0.4) is 0 Å². The highest BCUT2D eigenvalue weighted by Crippen LogP contribution is 2.37. The lowest BCUT2D eigenvalue weighted by molar-refractivity contribution is -0.137. The number of halogens is 3. The molecule has 1 fully saturated rings. The summed E-state index contributed by atoms with van der Waals surface area (Å²) < 4.78 is 40.4. The van der Waals surface area contributed by atoms with Gasteiger partial charge in [0.2, 0.25) is 0 Å². The lowest BCUT2D eigenvalue weighted by Crippen LogP contribution is -2.43. The normalized spacial score (nSPS) is 20.7. The van der Waals surface area contributed by atoms with E-state index in [1.165, 1.54) is 6.07 Å². The van der Waals surface area contributed by atoms with Gasteiger partial charge in [0.25, 0.3) is 0 Å². The summed E-state index contributed by atoms with van der Waals surface area (Å²) in [5.74, 6) is -0.526. The van der Waals surface area contributed by atoms with E-state index in [1.807, 2.05) is 0 Å². The summed E-state index contributed by atoms with van der Waals surface area (Å²) in [6.45, 7) is 6.15. The van der Waals surface area contributed by atoms with Gasteiger partial charge in [0.05, 0.1) is 24.0 Å². The number of aromatic nitrogens is 4. The molecule has 0 unspecified atom stereocenters. The standard InChI is InChI=1S/C20H22F3N5O2/c1-3-27-7-6-15(29)14(9-27)28-10-24-18-11(2)17(25-26-19(18)28)13-5-4-12(8-16(13)30)20(21,22)23/h4-5,8,10,14-15,29-30H,3,6-7,9H2,1-2H3/t14-,15+/m0/s1. The van der Waals surface area contributed by atoms with Crippen LogP contribution in [-0.4, -0.2) is 60.6 Å². The van der Waals surface area contributed by atoms with Crippen molar-refractivity contribution >= 4 is 11.2 Å². The van der Waals surface area contributed by atoms with Crippen LogP contribution in [0.2, 0.25) is 0 Å². The summed E-state index contributed by atoms with van der Waals surface area (Å²) in [7, 11) is 0. The summed E-state index contributed by atoms with van der Waals surface area (Å²) in [6.07, 6.45) is -2.84. The fraction of sp³-hybridized carbons (Fsp3) is 0.450. The predicted octanol–water partition coefficient (Wildman–Crippen LogP) is 3.15. The molecule has 3 aromatic rings. The number of benzene rings is 1. The van der Waals surface area contributed by atoms with Gasteiger partial charge in [0.1, 0.15) is 17.0 Å². The molecule has 2 N–H and O–H groups in total. The molecule has 0 spiro atoms. The minimum Gasteiger partial charge on any atom is -0.507 e. The Balaban J connectivity index is 1.75. The van der Waals surface area contributed by atoms with E-state index in [2.05, 4.69) is 27.0 Å². The topological polar surface area (TPSA) is 87.3 Å². The highest BCUT2D eigenvalue weighted by Gasteiger charge is 2.32. The van der Waals surface area contributed by atoms with Gasteiger partial charge in [-0.1, -0.05) is 6.92 Å². The second kappa shape index (κ2) is 7.51. The van der Waals surface area contributed by atoms with Crippen LogP contribution in [0.15, 0.2) is 24.5 Å². The number of alkyl halides is 3. The molecule has 160 valence electrons. The van der Waals surface area contributed by atoms with Gasteiger partial charge in [0, 0.05) is 24.2 Å². The fourth-order valence-electron chi connectivity index (χ4n) is 3.95. The third-order valence-electron chi connectivity index (χ3n) is 5.74. The van der Waals surface area contributed by atoms with Gasteiger partial charge in [-0.2, -0.15) is 13.2 Å². The van der Waals surface area contributed by atoms with Gasteiger partial charge in [0.15, 0.2) is 5.65 Å². The van der Waals surface area contributed by atoms with Crippen LogP contribution >= 0.6 is 0 Å². The molecule has 30 heavy (non-hydrogen) atoms. The first-order valence-electron chi connectivity index (χ1n) is 9.71. The van der Waals surface area contributed by atoms with E-state index in [4.69, 9.17) is 0 Å². The van der Waals surface area contributed by atoms with Crippen molar-refractivity contribution in [1.82, 2.24) is 24.6 Å². The minimum atomic E-state index is -4.55. The van der Waals surface area contributed by atoms with Crippen molar-refractivity contribution in [3.8, 4) is 17.0 Å². The van der Waals surface area contributed by atoms with Gasteiger partial charge in [-0.05, 0) is 38.1 Å². The summed E-state index contributed by atoms with van der Waals surface area (Å²) in [5.41, 5.74) is 1.08. The van der Waals surface area contributed by atoms with Gasteiger partial charge < -0.3 is 19.7 Å². The smallest absolute Gasteiger partial charge is 0.416 e. The third kappa shape index (κ3) is 3.50. The molecular weight excluding hydrogens is 399 g/mol. The molecule has 0 radical (unpaired) electrons. The summed E-state index contributed by atoms with van der Waals surface area (Å²) in [5, 5.41) is 29.1. The third-order valence-corrected chi connectivity index (χ3v) is 5.74. The molecular formula is C20H22F3N5O2. The van der Waals surface area contributed by atoms with Crippen molar-refractivity contribution in [2.75, 3.05) is 19.6 Å². The van der Waals surface area contributed by atoms with Crippen LogP contribution in [0.1, 0.15) is 30.5 Å². The van der Waals surface area contributed by atoms with Crippen molar-refractivity contribution in [1.29, 1.82) is 0 Å². The molecule has 0 bridgehead atoms. The average molecular weight is 421 g/mol. The Kier molecular flexibility index (Phi) is 5.15. The fourth-order valence-corrected chi connectivity index (χ4v) is 3.95. The van der Waals surface area contributed by atoms with Gasteiger partial charge in [-0.15, -0.1) is 10.2 Å². The number of hydrogen-bond acceptors (Lipinski definition) is 6. The molecule has 0 saturated carbocycles. The molecule has 0 aliphatic carbocycles. The number of aliphatic hydroxyl groups is 1. The average Bonchev–Trinajstić information content (AvgIpc) is 3.13. The summed E-state index contributed by atoms with van der Waals surface area (Å²) in [4.78, 5) is 6.65. The van der Waals surface area contributed by atoms with Crippen molar-refractivity contribution < 1.29 is 23.4 Å². The number of likely N-dealkylation sites (tertiary alicyclic amines) is 1. The number of phenolic OH excluding ortho intramolecular Hbond substituents is 1. The number of phenols is 1. The Morgan fingerprint density at radius 3 is 2.67 bits per heavy atom. The molecule has 0 amide bonds. The van der Waals surface area contributed by atoms with Crippen LogP contribution in [0.25, 0.3) is 22.4 Å². The molecule has 4 rings (SSSR count). The molecule has 3 heterocycles. The van der Waals surface area contributed by atoms with E-state index < -0.39 is 23.6 Å². The molecule has 2 aromatic heterocycles. The minimum absolute atomic E-state index is 0.152. The highest BCUT2D eigenvalue weighted by atomic mass is 19.4. The second-order valence-electron chi connectivity index (χ2n) is 7.54. The van der Waals surface area contributed by atoms with E-state index in [9.17, 15) is 23.4 Å². The second-order valence-corrected chi connectivity index (χ2v) is 7.54. The molecule has 2 atom stereocenters. The van der Waals surface area contributed by atoms with Gasteiger partial charge in [-0.25, -0.2) is 4.98 Å². The van der Waals surface area contributed by atoms with Crippen LogP contribution in [0.5, 0.6) is 5.75 Å². The van der Waals surface area contributed by atoms with E-state index in [0.717, 1.165) is 19.2 Å². The largest absolute Gasteiger partial charge is 0.507 e. The molecule has 7 nitrogen and oxygen atoms in total. The molecule has 1 aliphatic heterocycles. The Morgan fingerprint density at radius 2 is 2.00 bits per heavy atom. The van der Waals surface area contributed by atoms with Gasteiger partial charge in [-0.3, -0.25) is 0 Å². The first-order chi connectivity index (χ1) is 14.2. The maximum atomic E-state index is 12.9. The summed E-state index contributed by atoms with van der Waals surface area (Å²) in [6, 6.07) is 2.54.